The Labute approximate surface area is 119 Å². The van der Waals surface area contributed by atoms with Crippen molar-refractivity contribution >= 4 is 11.6 Å². The minimum atomic E-state index is -0.434. The second kappa shape index (κ2) is 7.24. The molecule has 20 heavy (non-hydrogen) atoms. The van der Waals surface area contributed by atoms with Gasteiger partial charge in [-0.05, 0) is 25.3 Å². The van der Waals surface area contributed by atoms with E-state index < -0.39 is 6.10 Å². The first-order valence-corrected chi connectivity index (χ1v) is 7.39. The molecule has 1 fully saturated rings. The molecule has 1 aromatic rings. The molecule has 1 aromatic heterocycles. The highest BCUT2D eigenvalue weighted by molar-refractivity contribution is 5.99. The molecule has 0 saturated heterocycles. The van der Waals surface area contributed by atoms with Gasteiger partial charge in [-0.3, -0.25) is 9.78 Å². The van der Waals surface area contributed by atoms with Crippen molar-refractivity contribution < 1.29 is 9.90 Å². The summed E-state index contributed by atoms with van der Waals surface area (Å²) in [6.45, 7) is 2.89. The van der Waals surface area contributed by atoms with Crippen molar-refractivity contribution in [3.8, 4) is 0 Å². The number of anilines is 1. The molecule has 1 heterocycles. The van der Waals surface area contributed by atoms with Gasteiger partial charge >= 0.3 is 0 Å². The highest BCUT2D eigenvalue weighted by Gasteiger charge is 2.25. The lowest BCUT2D eigenvalue weighted by Crippen LogP contribution is -2.45. The number of aliphatic hydroxyl groups excluding tert-OH is 1. The summed E-state index contributed by atoms with van der Waals surface area (Å²) in [4.78, 5) is 16.4. The average molecular weight is 277 g/mol. The van der Waals surface area contributed by atoms with Crippen molar-refractivity contribution in [3.05, 3.63) is 24.0 Å². The van der Waals surface area contributed by atoms with E-state index in [0.717, 1.165) is 44.3 Å². The second-order valence-electron chi connectivity index (χ2n) is 5.28. The van der Waals surface area contributed by atoms with Crippen LogP contribution in [-0.2, 0) is 0 Å². The van der Waals surface area contributed by atoms with E-state index in [1.54, 1.807) is 12.4 Å². The maximum absolute atomic E-state index is 12.3. The summed E-state index contributed by atoms with van der Waals surface area (Å²) < 4.78 is 0. The molecule has 0 aliphatic heterocycles. The van der Waals surface area contributed by atoms with Gasteiger partial charge < -0.3 is 15.7 Å². The van der Waals surface area contributed by atoms with E-state index in [1.807, 2.05) is 6.07 Å². The molecule has 1 aliphatic rings. The first-order valence-electron chi connectivity index (χ1n) is 7.39. The van der Waals surface area contributed by atoms with Gasteiger partial charge in [0.1, 0.15) is 0 Å². The maximum Gasteiger partial charge on any atom is 0.255 e. The number of nitrogens with zero attached hydrogens (tertiary/aromatic N) is 1. The van der Waals surface area contributed by atoms with Crippen molar-refractivity contribution in [1.29, 1.82) is 0 Å². The van der Waals surface area contributed by atoms with E-state index in [0.29, 0.717) is 5.56 Å². The number of carbonyl (C=O) groups excluding carboxylic acids is 1. The van der Waals surface area contributed by atoms with E-state index in [9.17, 15) is 9.90 Å². The molecule has 0 radical (unpaired) electrons. The van der Waals surface area contributed by atoms with Gasteiger partial charge in [0, 0.05) is 18.9 Å². The fraction of sp³-hybridized carbons (Fsp3) is 0.600. The van der Waals surface area contributed by atoms with Gasteiger partial charge in [0.05, 0.1) is 23.4 Å². The van der Waals surface area contributed by atoms with Crippen molar-refractivity contribution in [2.24, 2.45) is 0 Å². The van der Waals surface area contributed by atoms with E-state index in [2.05, 4.69) is 22.5 Å². The highest BCUT2D eigenvalue weighted by atomic mass is 16.3. The molecule has 3 N–H and O–H groups in total. The predicted octanol–water partition coefficient (Wildman–Crippen LogP) is 1.94. The highest BCUT2D eigenvalue weighted by Crippen LogP contribution is 2.20. The number of carbonyl (C=O) groups is 1. The molecule has 1 aliphatic carbocycles. The summed E-state index contributed by atoms with van der Waals surface area (Å²) in [7, 11) is 0. The lowest BCUT2D eigenvalue weighted by Gasteiger charge is -2.28. The van der Waals surface area contributed by atoms with Gasteiger partial charge in [-0.15, -0.1) is 0 Å². The molecule has 1 amide bonds. The van der Waals surface area contributed by atoms with Gasteiger partial charge in [-0.25, -0.2) is 0 Å². The lowest BCUT2D eigenvalue weighted by atomic mass is 9.92. The third kappa shape index (κ3) is 3.70. The van der Waals surface area contributed by atoms with Crippen molar-refractivity contribution in [2.75, 3.05) is 11.9 Å². The van der Waals surface area contributed by atoms with Crippen LogP contribution < -0.4 is 10.6 Å². The Morgan fingerprint density at radius 1 is 1.45 bits per heavy atom. The normalized spacial score (nSPS) is 22.3. The maximum atomic E-state index is 12.3. The van der Waals surface area contributed by atoms with Crippen molar-refractivity contribution in [3.63, 3.8) is 0 Å². The molecular weight excluding hydrogens is 254 g/mol. The fourth-order valence-corrected chi connectivity index (χ4v) is 2.52. The Morgan fingerprint density at radius 3 is 3.00 bits per heavy atom. The van der Waals surface area contributed by atoms with Crippen LogP contribution in [0.15, 0.2) is 18.5 Å². The van der Waals surface area contributed by atoms with E-state index in [4.69, 9.17) is 0 Å². The zero-order chi connectivity index (χ0) is 14.4. The third-order valence-electron chi connectivity index (χ3n) is 3.68. The van der Waals surface area contributed by atoms with Gasteiger partial charge in [-0.2, -0.15) is 0 Å². The number of pyridine rings is 1. The first kappa shape index (κ1) is 14.8. The first-order chi connectivity index (χ1) is 9.72. The van der Waals surface area contributed by atoms with Crippen LogP contribution in [0.5, 0.6) is 0 Å². The predicted molar refractivity (Wildman–Crippen MR) is 78.7 cm³/mol. The summed E-state index contributed by atoms with van der Waals surface area (Å²) in [5, 5.41) is 16.1. The zero-order valence-electron chi connectivity index (χ0n) is 11.9. The molecule has 2 rings (SSSR count). The van der Waals surface area contributed by atoms with Crippen LogP contribution in [0.1, 0.15) is 49.4 Å². The Hall–Kier alpha value is -1.62. The molecule has 2 unspecified atom stereocenters. The Morgan fingerprint density at radius 2 is 2.25 bits per heavy atom. The van der Waals surface area contributed by atoms with Crippen LogP contribution in [0.25, 0.3) is 0 Å². The summed E-state index contributed by atoms with van der Waals surface area (Å²) in [6.07, 6.45) is 7.48. The van der Waals surface area contributed by atoms with Gasteiger partial charge in [0.2, 0.25) is 0 Å². The Balaban J connectivity index is 2.04. The van der Waals surface area contributed by atoms with E-state index >= 15 is 0 Å². The number of nitrogens with one attached hydrogen (secondary N) is 2. The van der Waals surface area contributed by atoms with E-state index in [1.165, 1.54) is 0 Å². The zero-order valence-corrected chi connectivity index (χ0v) is 11.9. The largest absolute Gasteiger partial charge is 0.391 e. The molecule has 1 saturated carbocycles. The van der Waals surface area contributed by atoms with Gasteiger partial charge in [0.25, 0.3) is 5.91 Å². The minimum absolute atomic E-state index is 0.143. The standard InChI is InChI=1S/C15H23N3O2/c1-2-8-17-12-7-9-16-10-11(12)15(20)18-13-5-3-4-6-14(13)19/h7,9-10,13-14,19H,2-6,8H2,1H3,(H,16,17)(H,18,20). The molecule has 110 valence electrons. The van der Waals surface area contributed by atoms with E-state index in [-0.39, 0.29) is 11.9 Å². The minimum Gasteiger partial charge on any atom is -0.391 e. The lowest BCUT2D eigenvalue weighted by molar-refractivity contribution is 0.0717. The van der Waals surface area contributed by atoms with Gasteiger partial charge in [-0.1, -0.05) is 19.8 Å². The molecule has 5 nitrogen and oxygen atoms in total. The topological polar surface area (TPSA) is 74.2 Å². The molecule has 2 atom stereocenters. The van der Waals surface area contributed by atoms with Crippen LogP contribution >= 0.6 is 0 Å². The number of hydrogen-bond acceptors (Lipinski definition) is 4. The number of amides is 1. The molecule has 0 bridgehead atoms. The smallest absolute Gasteiger partial charge is 0.255 e. The quantitative estimate of drug-likeness (QED) is 0.769. The summed E-state index contributed by atoms with van der Waals surface area (Å²) in [5.41, 5.74) is 1.34. The second-order valence-corrected chi connectivity index (χ2v) is 5.28. The molecule has 5 heteroatoms. The van der Waals surface area contributed by atoms with Crippen LogP contribution in [-0.4, -0.2) is 34.7 Å². The molecular formula is C15H23N3O2. The van der Waals surface area contributed by atoms with Crippen LogP contribution in [0, 0.1) is 0 Å². The average Bonchev–Trinajstić information content (AvgIpc) is 2.47. The van der Waals surface area contributed by atoms with Crippen LogP contribution in [0.4, 0.5) is 5.69 Å². The van der Waals surface area contributed by atoms with Crippen molar-refractivity contribution in [2.45, 2.75) is 51.2 Å². The molecule has 0 spiro atoms. The summed E-state index contributed by atoms with van der Waals surface area (Å²) in [5.74, 6) is -0.164. The van der Waals surface area contributed by atoms with Gasteiger partial charge in [0.15, 0.2) is 0 Å². The fourth-order valence-electron chi connectivity index (χ4n) is 2.52. The summed E-state index contributed by atoms with van der Waals surface area (Å²) >= 11 is 0. The van der Waals surface area contributed by atoms with Crippen LogP contribution in [0.2, 0.25) is 0 Å². The SMILES string of the molecule is CCCNc1ccncc1C(=O)NC1CCCCC1O. The van der Waals surface area contributed by atoms with Crippen molar-refractivity contribution in [1.82, 2.24) is 10.3 Å². The Kier molecular flexibility index (Phi) is 5.35. The molecule has 0 aromatic carbocycles. The van der Waals surface area contributed by atoms with Crippen LogP contribution in [0.3, 0.4) is 0 Å². The number of rotatable bonds is 5. The Bertz CT molecular complexity index is 450. The monoisotopic (exact) mass is 277 g/mol. The number of hydrogen-bond donors (Lipinski definition) is 3. The number of aliphatic hydroxyl groups is 1. The third-order valence-corrected chi connectivity index (χ3v) is 3.68. The summed E-state index contributed by atoms with van der Waals surface area (Å²) in [6, 6.07) is 1.66. The number of aromatic nitrogens is 1.